The van der Waals surface area contributed by atoms with Crippen molar-refractivity contribution in [2.45, 2.75) is 50.9 Å². The lowest BCUT2D eigenvalue weighted by Gasteiger charge is -2.27. The second-order valence-corrected chi connectivity index (χ2v) is 14.5. The van der Waals surface area contributed by atoms with Crippen LogP contribution in [0.1, 0.15) is 55.8 Å². The largest absolute Gasteiger partial charge is 0.392 e. The van der Waals surface area contributed by atoms with Gasteiger partial charge in [-0.3, -0.25) is 9.36 Å². The number of nitrogens with zero attached hydrogens (tertiary/aromatic N) is 4. The predicted octanol–water partition coefficient (Wildman–Crippen LogP) is 4.85. The van der Waals surface area contributed by atoms with E-state index in [1.54, 1.807) is 44.3 Å². The first-order chi connectivity index (χ1) is 21.6. The molecule has 3 aromatic heterocycles. The monoisotopic (exact) mass is 628 g/mol. The van der Waals surface area contributed by atoms with E-state index in [4.69, 9.17) is 5.73 Å². The van der Waals surface area contributed by atoms with E-state index in [-0.39, 0.29) is 17.9 Å². The molecular weight excluding hydrogens is 595 g/mol. The van der Waals surface area contributed by atoms with Gasteiger partial charge in [-0.25, -0.2) is 17.8 Å². The Labute approximate surface area is 259 Å². The summed E-state index contributed by atoms with van der Waals surface area (Å²) >= 11 is 0. The van der Waals surface area contributed by atoms with Crippen molar-refractivity contribution in [3.63, 3.8) is 0 Å². The maximum atomic E-state index is 15.3. The zero-order valence-corrected chi connectivity index (χ0v) is 25.7. The molecule has 2 aromatic carbocycles. The van der Waals surface area contributed by atoms with E-state index in [9.17, 15) is 18.3 Å². The van der Waals surface area contributed by atoms with E-state index >= 15 is 4.39 Å². The number of sulfonamides is 1. The van der Waals surface area contributed by atoms with Crippen LogP contribution in [0.25, 0.3) is 44.3 Å². The Balaban J connectivity index is 1.32. The molecule has 0 saturated heterocycles. The number of benzene rings is 2. The molecule has 0 spiro atoms. The number of nitrogen functional groups attached to an aromatic ring is 1. The van der Waals surface area contributed by atoms with Crippen molar-refractivity contribution in [3.8, 4) is 16.9 Å². The van der Waals surface area contributed by atoms with Crippen molar-refractivity contribution < 1.29 is 17.9 Å². The standard InChI is InChI=1S/C33H33FN6O4S/c1-18(2)45(43,44)39-11-8-20(9-12-39)27-16-24-30(37-33(35)38-31(24)36-27)23-4-3-5-28(25(23)17-41)40-13-10-21-14-22(19-6-7-19)15-26(34)29(21)32(40)42/h3-5,8,10,13-16,18-19,41H,6-7,9,11-12,17H2,1-2H3,(H3,35,36,37,38). The van der Waals surface area contributed by atoms with Gasteiger partial charge in [-0.05, 0) is 79.8 Å². The van der Waals surface area contributed by atoms with Gasteiger partial charge < -0.3 is 15.8 Å². The number of aliphatic hydroxyl groups is 1. The summed E-state index contributed by atoms with van der Waals surface area (Å²) in [6.07, 6.45) is 6.06. The van der Waals surface area contributed by atoms with Crippen LogP contribution < -0.4 is 11.3 Å². The third-order valence-corrected chi connectivity index (χ3v) is 11.1. The van der Waals surface area contributed by atoms with E-state index in [1.807, 2.05) is 18.2 Å². The number of nitrogens with one attached hydrogen (secondary N) is 1. The van der Waals surface area contributed by atoms with Crippen molar-refractivity contribution in [2.75, 3.05) is 18.8 Å². The van der Waals surface area contributed by atoms with E-state index in [0.29, 0.717) is 57.8 Å². The molecule has 1 fully saturated rings. The van der Waals surface area contributed by atoms with E-state index in [0.717, 1.165) is 29.7 Å². The van der Waals surface area contributed by atoms with E-state index < -0.39 is 33.3 Å². The van der Waals surface area contributed by atoms with E-state index in [2.05, 4.69) is 15.0 Å². The number of pyridine rings is 1. The number of aromatic nitrogens is 4. The average molecular weight is 629 g/mol. The number of H-pyrrole nitrogens is 1. The number of hydrogen-bond donors (Lipinski definition) is 3. The molecule has 7 rings (SSSR count). The molecule has 1 saturated carbocycles. The number of nitrogens with two attached hydrogens (primary N) is 1. The maximum Gasteiger partial charge on any atom is 0.265 e. The van der Waals surface area contributed by atoms with Crippen LogP contribution in [-0.2, 0) is 16.6 Å². The third kappa shape index (κ3) is 5.02. The normalized spacial score (nSPS) is 16.2. The highest BCUT2D eigenvalue weighted by Gasteiger charge is 2.28. The molecule has 0 radical (unpaired) electrons. The molecule has 1 aliphatic heterocycles. The summed E-state index contributed by atoms with van der Waals surface area (Å²) in [5.41, 5.74) is 10.5. The minimum absolute atomic E-state index is 0.000608. The zero-order valence-electron chi connectivity index (χ0n) is 24.9. The van der Waals surface area contributed by atoms with Crippen molar-refractivity contribution in [1.82, 2.24) is 23.8 Å². The summed E-state index contributed by atoms with van der Waals surface area (Å²) in [4.78, 5) is 25.9. The smallest absolute Gasteiger partial charge is 0.265 e. The third-order valence-electron chi connectivity index (χ3n) is 8.83. The predicted molar refractivity (Wildman–Crippen MR) is 173 cm³/mol. The van der Waals surface area contributed by atoms with Crippen molar-refractivity contribution in [2.24, 2.45) is 0 Å². The summed E-state index contributed by atoms with van der Waals surface area (Å²) < 4.78 is 43.4. The lowest BCUT2D eigenvalue weighted by Crippen LogP contribution is -2.39. The highest BCUT2D eigenvalue weighted by Crippen LogP contribution is 2.41. The zero-order chi connectivity index (χ0) is 31.6. The van der Waals surface area contributed by atoms with Crippen LogP contribution in [0.5, 0.6) is 0 Å². The fourth-order valence-electron chi connectivity index (χ4n) is 6.21. The van der Waals surface area contributed by atoms with Gasteiger partial charge >= 0.3 is 0 Å². The molecule has 45 heavy (non-hydrogen) atoms. The van der Waals surface area contributed by atoms with Gasteiger partial charge in [0.15, 0.2) is 0 Å². The van der Waals surface area contributed by atoms with Crippen LogP contribution in [0.4, 0.5) is 10.3 Å². The van der Waals surface area contributed by atoms with Crippen LogP contribution in [-0.4, -0.2) is 55.7 Å². The molecule has 0 atom stereocenters. The maximum absolute atomic E-state index is 15.3. The molecule has 4 N–H and O–H groups in total. The van der Waals surface area contributed by atoms with Crippen molar-refractivity contribution >= 4 is 43.4 Å². The van der Waals surface area contributed by atoms with Crippen LogP contribution in [0, 0.1) is 5.82 Å². The second-order valence-electron chi connectivity index (χ2n) is 12.0. The molecule has 0 bridgehead atoms. The highest BCUT2D eigenvalue weighted by molar-refractivity contribution is 7.89. The number of aromatic amines is 1. The Morgan fingerprint density at radius 2 is 1.96 bits per heavy atom. The topological polar surface area (TPSA) is 147 Å². The Kier molecular flexibility index (Phi) is 7.10. The number of anilines is 1. The summed E-state index contributed by atoms with van der Waals surface area (Å²) in [6.45, 7) is 3.55. The molecule has 0 amide bonds. The first-order valence-corrected chi connectivity index (χ1v) is 16.5. The minimum atomic E-state index is -3.36. The summed E-state index contributed by atoms with van der Waals surface area (Å²) in [6, 6.07) is 12.2. The number of rotatable bonds is 7. The quantitative estimate of drug-likeness (QED) is 0.234. The summed E-state index contributed by atoms with van der Waals surface area (Å²) in [5.74, 6) is -0.189. The molecular formula is C33H33FN6O4S. The van der Waals surface area contributed by atoms with Gasteiger partial charge in [0.1, 0.15) is 11.5 Å². The number of hydrogen-bond acceptors (Lipinski definition) is 7. The van der Waals surface area contributed by atoms with Crippen molar-refractivity contribution in [1.29, 1.82) is 0 Å². The van der Waals surface area contributed by atoms with Gasteiger partial charge in [0.2, 0.25) is 16.0 Å². The second kappa shape index (κ2) is 10.9. The molecule has 0 unspecified atom stereocenters. The highest BCUT2D eigenvalue weighted by atomic mass is 32.2. The molecule has 2 aliphatic rings. The molecule has 4 heterocycles. The fraction of sp³-hybridized carbons (Fsp3) is 0.303. The van der Waals surface area contributed by atoms with Crippen LogP contribution >= 0.6 is 0 Å². The first-order valence-electron chi connectivity index (χ1n) is 15.0. The molecule has 12 heteroatoms. The van der Waals surface area contributed by atoms with Gasteiger partial charge in [0, 0.05) is 41.5 Å². The Bertz CT molecular complexity index is 2200. The Hall–Kier alpha value is -4.39. The van der Waals surface area contributed by atoms with Crippen molar-refractivity contribution in [3.05, 3.63) is 87.7 Å². The molecule has 5 aromatic rings. The van der Waals surface area contributed by atoms with Crippen LogP contribution in [0.3, 0.4) is 0 Å². The molecule has 232 valence electrons. The number of halogens is 1. The van der Waals surface area contributed by atoms with Crippen LogP contribution in [0.15, 0.2) is 59.5 Å². The SMILES string of the molecule is CC(C)S(=O)(=O)N1CC=C(c2cc3c(-c4cccc(-n5ccc6cc(C7CC7)cc(F)c6c5=O)c4CO)nc(N)nc3[nH]2)CC1. The minimum Gasteiger partial charge on any atom is -0.392 e. The molecule has 10 nitrogen and oxygen atoms in total. The Morgan fingerprint density at radius 3 is 2.64 bits per heavy atom. The number of fused-ring (bicyclic) bond motifs is 2. The van der Waals surface area contributed by atoms with Crippen LogP contribution in [0.2, 0.25) is 0 Å². The summed E-state index contributed by atoms with van der Waals surface area (Å²) in [7, 11) is -3.36. The lowest BCUT2D eigenvalue weighted by atomic mass is 9.99. The van der Waals surface area contributed by atoms with Gasteiger partial charge in [-0.1, -0.05) is 24.3 Å². The van der Waals surface area contributed by atoms with E-state index in [1.165, 1.54) is 14.9 Å². The first kappa shape index (κ1) is 29.3. The van der Waals surface area contributed by atoms with Gasteiger partial charge in [-0.2, -0.15) is 9.29 Å². The average Bonchev–Trinajstić information content (AvgIpc) is 3.79. The summed E-state index contributed by atoms with van der Waals surface area (Å²) in [5, 5.41) is 11.3. The number of aliphatic hydroxyl groups excluding tert-OH is 1. The molecule has 1 aliphatic carbocycles. The fourth-order valence-corrected chi connectivity index (χ4v) is 7.43. The lowest BCUT2D eigenvalue weighted by molar-refractivity contribution is 0.282. The van der Waals surface area contributed by atoms with Gasteiger partial charge in [0.25, 0.3) is 5.56 Å². The Morgan fingerprint density at radius 1 is 1.16 bits per heavy atom. The van der Waals surface area contributed by atoms with Gasteiger partial charge in [0.05, 0.1) is 28.6 Å². The van der Waals surface area contributed by atoms with Gasteiger partial charge in [-0.15, -0.1) is 0 Å².